The van der Waals surface area contributed by atoms with E-state index >= 15 is 0 Å². The maximum atomic E-state index is 11.9. The van der Waals surface area contributed by atoms with Gasteiger partial charge in [-0.25, -0.2) is 0 Å². The van der Waals surface area contributed by atoms with E-state index in [-0.39, 0.29) is 12.3 Å². The number of carbonyl (C=O) groups excluding carboxylic acids is 1. The third-order valence-electron chi connectivity index (χ3n) is 3.80. The largest absolute Gasteiger partial charge is 0.480 e. The summed E-state index contributed by atoms with van der Waals surface area (Å²) in [6.45, 7) is 0. The van der Waals surface area contributed by atoms with E-state index in [0.717, 1.165) is 24.1 Å². The van der Waals surface area contributed by atoms with Crippen molar-refractivity contribution in [1.29, 1.82) is 0 Å². The highest BCUT2D eigenvalue weighted by Crippen LogP contribution is 2.13. The Hall–Kier alpha value is -1.15. The summed E-state index contributed by atoms with van der Waals surface area (Å²) < 4.78 is 1.22. The topological polar surface area (TPSA) is 92.4 Å². The van der Waals surface area contributed by atoms with Crippen LogP contribution in [0.2, 0.25) is 0 Å². The zero-order valence-electron chi connectivity index (χ0n) is 14.0. The van der Waals surface area contributed by atoms with Crippen LogP contribution in [-0.4, -0.2) is 27.5 Å². The van der Waals surface area contributed by atoms with Crippen LogP contribution in [0.5, 0.6) is 0 Å². The van der Waals surface area contributed by atoms with E-state index in [9.17, 15) is 9.59 Å². The van der Waals surface area contributed by atoms with Gasteiger partial charge in [0.1, 0.15) is 6.04 Å². The highest BCUT2D eigenvalue weighted by molar-refractivity contribution is 14.1. The van der Waals surface area contributed by atoms with Crippen LogP contribution in [0.3, 0.4) is 0 Å². The monoisotopic (exact) mass is 446 g/mol. The third kappa shape index (κ3) is 9.22. The molecule has 0 heterocycles. The molecule has 24 heavy (non-hydrogen) atoms. The lowest BCUT2D eigenvalue weighted by atomic mass is 10.1. The third-order valence-corrected chi connectivity index (χ3v) is 4.56. The summed E-state index contributed by atoms with van der Waals surface area (Å²) in [5.41, 5.74) is 7.08. The van der Waals surface area contributed by atoms with Crippen LogP contribution in [0.15, 0.2) is 24.3 Å². The molecule has 134 valence electrons. The lowest BCUT2D eigenvalue weighted by Crippen LogP contribution is -2.32. The predicted molar refractivity (Wildman–Crippen MR) is 106 cm³/mol. The number of alkyl halides is 1. The normalized spacial score (nSPS) is 11.9. The van der Waals surface area contributed by atoms with Crippen molar-refractivity contribution < 1.29 is 14.7 Å². The molecule has 0 aliphatic rings. The standard InChI is InChI=1S/C18H27IN2O3/c19-12-6-4-2-1-3-5-7-17(22)21-15-10-8-14(9-11-15)13-16(20)18(23)24/h8-11,16H,1-7,12-13,20H2,(H,21,22)(H,23,24). The van der Waals surface area contributed by atoms with E-state index < -0.39 is 12.0 Å². The van der Waals surface area contributed by atoms with Crippen molar-refractivity contribution in [2.45, 2.75) is 57.4 Å². The van der Waals surface area contributed by atoms with E-state index in [1.165, 1.54) is 30.1 Å². The lowest BCUT2D eigenvalue weighted by Gasteiger charge is -2.08. The molecule has 0 bridgehead atoms. The van der Waals surface area contributed by atoms with Crippen molar-refractivity contribution in [1.82, 2.24) is 0 Å². The Balaban J connectivity index is 2.23. The van der Waals surface area contributed by atoms with Crippen molar-refractivity contribution in [2.75, 3.05) is 9.74 Å². The Morgan fingerprint density at radius 1 is 1.04 bits per heavy atom. The number of amides is 1. The molecule has 0 saturated carbocycles. The molecular weight excluding hydrogens is 419 g/mol. The molecule has 4 N–H and O–H groups in total. The van der Waals surface area contributed by atoms with Gasteiger partial charge in [-0.2, -0.15) is 0 Å². The summed E-state index contributed by atoms with van der Waals surface area (Å²) in [4.78, 5) is 22.6. The summed E-state index contributed by atoms with van der Waals surface area (Å²) >= 11 is 2.40. The van der Waals surface area contributed by atoms with Crippen LogP contribution in [-0.2, 0) is 16.0 Å². The lowest BCUT2D eigenvalue weighted by molar-refractivity contribution is -0.138. The highest BCUT2D eigenvalue weighted by atomic mass is 127. The van der Waals surface area contributed by atoms with Crippen LogP contribution in [0, 0.1) is 0 Å². The average molecular weight is 446 g/mol. The maximum absolute atomic E-state index is 11.9. The molecular formula is C18H27IN2O3. The first-order valence-corrected chi connectivity index (χ1v) is 9.98. The molecule has 1 unspecified atom stereocenters. The summed E-state index contributed by atoms with van der Waals surface area (Å²) in [7, 11) is 0. The zero-order valence-corrected chi connectivity index (χ0v) is 16.1. The van der Waals surface area contributed by atoms with Crippen LogP contribution in [0.4, 0.5) is 5.69 Å². The quantitative estimate of drug-likeness (QED) is 0.259. The van der Waals surface area contributed by atoms with Gasteiger partial charge >= 0.3 is 5.97 Å². The van der Waals surface area contributed by atoms with Gasteiger partial charge in [0, 0.05) is 12.1 Å². The molecule has 0 aliphatic heterocycles. The van der Waals surface area contributed by atoms with Crippen molar-refractivity contribution in [2.24, 2.45) is 5.73 Å². The van der Waals surface area contributed by atoms with Crippen LogP contribution in [0.1, 0.15) is 50.5 Å². The fourth-order valence-corrected chi connectivity index (χ4v) is 2.92. The van der Waals surface area contributed by atoms with Crippen molar-refractivity contribution in [3.05, 3.63) is 29.8 Å². The van der Waals surface area contributed by atoms with Gasteiger partial charge in [-0.15, -0.1) is 0 Å². The van der Waals surface area contributed by atoms with E-state index in [4.69, 9.17) is 10.8 Å². The summed E-state index contributed by atoms with van der Waals surface area (Å²) in [6, 6.07) is 6.26. The molecule has 1 aromatic carbocycles. The second-order valence-corrected chi connectivity index (χ2v) is 7.03. The molecule has 0 radical (unpaired) electrons. The Morgan fingerprint density at radius 2 is 1.62 bits per heavy atom. The number of benzene rings is 1. The molecule has 0 saturated heterocycles. The smallest absolute Gasteiger partial charge is 0.320 e. The molecule has 1 amide bonds. The number of unbranched alkanes of at least 4 members (excludes halogenated alkanes) is 5. The first-order valence-electron chi connectivity index (χ1n) is 8.46. The second-order valence-electron chi connectivity index (χ2n) is 5.95. The molecule has 5 nitrogen and oxygen atoms in total. The van der Waals surface area contributed by atoms with Crippen LogP contribution >= 0.6 is 22.6 Å². The van der Waals surface area contributed by atoms with Gasteiger partial charge in [0.25, 0.3) is 0 Å². The number of carboxylic acid groups (broad SMARTS) is 1. The van der Waals surface area contributed by atoms with E-state index in [1.807, 2.05) is 0 Å². The number of nitrogens with two attached hydrogens (primary N) is 1. The van der Waals surface area contributed by atoms with E-state index in [2.05, 4.69) is 27.9 Å². The number of halogens is 1. The molecule has 1 aromatic rings. The molecule has 0 aliphatic carbocycles. The number of carbonyl (C=O) groups is 2. The molecule has 0 aromatic heterocycles. The van der Waals surface area contributed by atoms with Crippen LogP contribution < -0.4 is 11.1 Å². The van der Waals surface area contributed by atoms with E-state index in [0.29, 0.717) is 6.42 Å². The van der Waals surface area contributed by atoms with Crippen LogP contribution in [0.25, 0.3) is 0 Å². The minimum atomic E-state index is -1.01. The van der Waals surface area contributed by atoms with Gasteiger partial charge in [0.05, 0.1) is 0 Å². The summed E-state index contributed by atoms with van der Waals surface area (Å²) in [5, 5.41) is 11.7. The molecule has 0 fully saturated rings. The zero-order chi connectivity index (χ0) is 17.8. The molecule has 0 spiro atoms. The first-order chi connectivity index (χ1) is 11.5. The van der Waals surface area contributed by atoms with Gasteiger partial charge in [-0.3, -0.25) is 9.59 Å². The number of hydrogen-bond donors (Lipinski definition) is 3. The van der Waals surface area contributed by atoms with Gasteiger partial charge in [-0.05, 0) is 41.4 Å². The minimum Gasteiger partial charge on any atom is -0.480 e. The Morgan fingerprint density at radius 3 is 2.21 bits per heavy atom. The number of anilines is 1. The number of carboxylic acids is 1. The summed E-state index contributed by atoms with van der Waals surface area (Å²) in [6.07, 6.45) is 7.86. The minimum absolute atomic E-state index is 0.0252. The van der Waals surface area contributed by atoms with Gasteiger partial charge in [0.2, 0.25) is 5.91 Å². The maximum Gasteiger partial charge on any atom is 0.320 e. The number of nitrogens with one attached hydrogen (secondary N) is 1. The predicted octanol–water partition coefficient (Wildman–Crippen LogP) is 3.75. The number of aliphatic carboxylic acids is 1. The van der Waals surface area contributed by atoms with E-state index in [1.54, 1.807) is 24.3 Å². The number of rotatable bonds is 12. The van der Waals surface area contributed by atoms with Crippen molar-refractivity contribution in [3.63, 3.8) is 0 Å². The molecule has 1 rings (SSSR count). The Bertz CT molecular complexity index is 505. The Labute approximate surface area is 157 Å². The molecule has 1 atom stereocenters. The Kier molecular flexibility index (Phi) is 10.7. The van der Waals surface area contributed by atoms with Crippen molar-refractivity contribution in [3.8, 4) is 0 Å². The highest BCUT2D eigenvalue weighted by Gasteiger charge is 2.12. The summed E-state index contributed by atoms with van der Waals surface area (Å²) in [5.74, 6) is -0.987. The fourth-order valence-electron chi connectivity index (χ4n) is 2.38. The SMILES string of the molecule is NC(Cc1ccc(NC(=O)CCCCCCCCI)cc1)C(=O)O. The van der Waals surface area contributed by atoms with Crippen molar-refractivity contribution >= 4 is 40.2 Å². The van der Waals surface area contributed by atoms with Gasteiger partial charge in [0.15, 0.2) is 0 Å². The number of hydrogen-bond acceptors (Lipinski definition) is 3. The molecule has 6 heteroatoms. The first kappa shape index (κ1) is 20.9. The fraction of sp³-hybridized carbons (Fsp3) is 0.556. The van der Waals surface area contributed by atoms with Gasteiger partial charge in [-0.1, -0.05) is 60.4 Å². The van der Waals surface area contributed by atoms with Gasteiger partial charge < -0.3 is 16.2 Å². The second kappa shape index (κ2) is 12.2. The average Bonchev–Trinajstić information content (AvgIpc) is 2.55.